The molecule has 228 valence electrons. The van der Waals surface area contributed by atoms with Gasteiger partial charge in [0, 0.05) is 5.02 Å². The molecule has 0 radical (unpaired) electrons. The quantitative estimate of drug-likeness (QED) is 0.158. The van der Waals surface area contributed by atoms with Crippen molar-refractivity contribution < 1.29 is 27.5 Å². The molecule has 0 saturated heterocycles. The third kappa shape index (κ3) is 8.59. The Morgan fingerprint density at radius 3 is 2.25 bits per heavy atom. The van der Waals surface area contributed by atoms with E-state index in [0.717, 1.165) is 9.87 Å². The number of hydrazone groups is 1. The monoisotopic (exact) mass is 634 g/mol. The Morgan fingerprint density at radius 2 is 1.59 bits per heavy atom. The first kappa shape index (κ1) is 32.1. The summed E-state index contributed by atoms with van der Waals surface area (Å²) < 4.78 is 39.0. The highest BCUT2D eigenvalue weighted by Crippen LogP contribution is 2.34. The molecular weight excluding hydrogens is 604 g/mol. The van der Waals surface area contributed by atoms with Crippen LogP contribution in [0.1, 0.15) is 24.1 Å². The van der Waals surface area contributed by atoms with Crippen molar-refractivity contribution in [2.24, 2.45) is 5.10 Å². The van der Waals surface area contributed by atoms with Gasteiger partial charge in [0.1, 0.15) is 18.0 Å². The first-order valence-electron chi connectivity index (χ1n) is 13.5. The highest BCUT2D eigenvalue weighted by molar-refractivity contribution is 7.92. The van der Waals surface area contributed by atoms with Crippen molar-refractivity contribution in [1.29, 1.82) is 0 Å². The average molecular weight is 635 g/mol. The van der Waals surface area contributed by atoms with Gasteiger partial charge in [-0.25, -0.2) is 13.8 Å². The number of benzene rings is 4. The topological polar surface area (TPSA) is 126 Å². The van der Waals surface area contributed by atoms with E-state index in [0.29, 0.717) is 11.3 Å². The number of nitrogens with one attached hydrogen (secondary N) is 2. The number of halogens is 1. The van der Waals surface area contributed by atoms with Gasteiger partial charge in [-0.05, 0) is 72.6 Å². The molecule has 4 aromatic rings. The van der Waals surface area contributed by atoms with Crippen molar-refractivity contribution in [3.05, 3.63) is 119 Å². The molecule has 1 atom stereocenters. The summed E-state index contributed by atoms with van der Waals surface area (Å²) in [6.45, 7) is 1.15. The first-order valence-corrected chi connectivity index (χ1v) is 15.3. The molecule has 12 heteroatoms. The number of anilines is 1. The zero-order valence-electron chi connectivity index (χ0n) is 24.0. The summed E-state index contributed by atoms with van der Waals surface area (Å²) in [7, 11) is -2.78. The Kier molecular flexibility index (Phi) is 11.0. The second kappa shape index (κ2) is 15.0. The normalized spacial score (nSPS) is 11.9. The Morgan fingerprint density at radius 1 is 0.932 bits per heavy atom. The maximum Gasteiger partial charge on any atom is 0.264 e. The van der Waals surface area contributed by atoms with Gasteiger partial charge in [-0.2, -0.15) is 5.10 Å². The van der Waals surface area contributed by atoms with Gasteiger partial charge in [0.05, 0.1) is 29.9 Å². The van der Waals surface area contributed by atoms with Gasteiger partial charge in [0.25, 0.3) is 21.8 Å². The minimum atomic E-state index is -4.17. The molecule has 0 fully saturated rings. The van der Waals surface area contributed by atoms with Crippen LogP contribution >= 0.6 is 11.6 Å². The predicted octanol–water partition coefficient (Wildman–Crippen LogP) is 4.95. The lowest BCUT2D eigenvalue weighted by Crippen LogP contribution is -2.39. The van der Waals surface area contributed by atoms with E-state index in [4.69, 9.17) is 21.1 Å². The second-order valence-electron chi connectivity index (χ2n) is 9.49. The van der Waals surface area contributed by atoms with Crippen LogP contribution in [0.25, 0.3) is 0 Å². The van der Waals surface area contributed by atoms with E-state index in [-0.39, 0.29) is 39.9 Å². The van der Waals surface area contributed by atoms with Crippen molar-refractivity contribution in [2.75, 3.05) is 24.6 Å². The van der Waals surface area contributed by atoms with E-state index in [1.54, 1.807) is 48.5 Å². The first-order chi connectivity index (χ1) is 21.2. The zero-order chi connectivity index (χ0) is 31.5. The number of hydrogen-bond donors (Lipinski definition) is 2. The lowest BCUT2D eigenvalue weighted by molar-refractivity contribution is -0.123. The molecule has 0 spiro atoms. The van der Waals surface area contributed by atoms with E-state index in [9.17, 15) is 18.0 Å². The molecule has 2 N–H and O–H groups in total. The molecule has 0 aromatic heterocycles. The highest BCUT2D eigenvalue weighted by Gasteiger charge is 2.29. The summed E-state index contributed by atoms with van der Waals surface area (Å²) in [6.07, 6.45) is 1.39. The van der Waals surface area contributed by atoms with Crippen LogP contribution in [0.15, 0.2) is 113 Å². The summed E-state index contributed by atoms with van der Waals surface area (Å²) in [4.78, 5) is 25.2. The number of carbonyl (C=O) groups excluding carboxylic acids is 2. The van der Waals surface area contributed by atoms with Crippen molar-refractivity contribution in [3.63, 3.8) is 0 Å². The number of methoxy groups -OCH3 is 1. The van der Waals surface area contributed by atoms with Crippen molar-refractivity contribution >= 4 is 45.3 Å². The van der Waals surface area contributed by atoms with Gasteiger partial charge in [0.2, 0.25) is 0 Å². The van der Waals surface area contributed by atoms with Crippen LogP contribution in [0.3, 0.4) is 0 Å². The molecule has 0 saturated carbocycles. The molecule has 2 amide bonds. The maximum atomic E-state index is 13.6. The van der Waals surface area contributed by atoms with E-state index in [1.165, 1.54) is 37.6 Å². The van der Waals surface area contributed by atoms with Crippen LogP contribution in [0.4, 0.5) is 5.69 Å². The van der Waals surface area contributed by atoms with E-state index >= 15 is 0 Å². The molecule has 44 heavy (non-hydrogen) atoms. The number of sulfonamides is 1. The largest absolute Gasteiger partial charge is 0.495 e. The van der Waals surface area contributed by atoms with Gasteiger partial charge in [0.15, 0.2) is 6.61 Å². The van der Waals surface area contributed by atoms with Gasteiger partial charge in [-0.15, -0.1) is 0 Å². The van der Waals surface area contributed by atoms with Crippen molar-refractivity contribution in [3.8, 4) is 11.5 Å². The van der Waals surface area contributed by atoms with Crippen LogP contribution in [0, 0.1) is 0 Å². The fraction of sp³-hybridized carbons (Fsp3) is 0.156. The van der Waals surface area contributed by atoms with Crippen LogP contribution < -0.4 is 24.5 Å². The fourth-order valence-corrected chi connectivity index (χ4v) is 5.74. The van der Waals surface area contributed by atoms with Gasteiger partial charge in [-0.1, -0.05) is 60.1 Å². The number of nitrogens with zero attached hydrogens (tertiary/aromatic N) is 2. The summed E-state index contributed by atoms with van der Waals surface area (Å²) in [6, 6.07) is 28.4. The molecule has 0 unspecified atom stereocenters. The van der Waals surface area contributed by atoms with Crippen molar-refractivity contribution in [2.45, 2.75) is 17.9 Å². The Labute approximate surface area is 261 Å². The van der Waals surface area contributed by atoms with Gasteiger partial charge < -0.3 is 14.8 Å². The standard InChI is InChI=1S/C32H31ClN4O6S/c1-23(25-9-5-3-6-10-25)35-32(39)22-43-27-16-13-24(14-17-27)20-34-36-31(38)21-37(29-19-26(33)15-18-30(29)42-2)44(40,41)28-11-7-4-8-12-28/h3-20,23H,21-22H2,1-2H3,(H,35,39)(H,36,38)/b34-20-/t23-/m1/s1. The molecule has 10 nitrogen and oxygen atoms in total. The summed E-state index contributed by atoms with van der Waals surface area (Å²) in [5, 5.41) is 7.11. The third-order valence-electron chi connectivity index (χ3n) is 6.36. The number of carbonyl (C=O) groups is 2. The number of hydrogen-bond acceptors (Lipinski definition) is 7. The Balaban J connectivity index is 1.36. The maximum absolute atomic E-state index is 13.6. The second-order valence-corrected chi connectivity index (χ2v) is 11.8. The minimum absolute atomic E-state index is 0.0103. The lowest BCUT2D eigenvalue weighted by atomic mass is 10.1. The van der Waals surface area contributed by atoms with E-state index < -0.39 is 22.5 Å². The summed E-state index contributed by atoms with van der Waals surface area (Å²) >= 11 is 6.16. The van der Waals surface area contributed by atoms with Crippen LogP contribution in [0.5, 0.6) is 11.5 Å². The van der Waals surface area contributed by atoms with Crippen LogP contribution in [0.2, 0.25) is 5.02 Å². The van der Waals surface area contributed by atoms with E-state index in [2.05, 4.69) is 15.8 Å². The molecular formula is C32H31ClN4O6S. The third-order valence-corrected chi connectivity index (χ3v) is 8.37. The fourth-order valence-electron chi connectivity index (χ4n) is 4.13. The van der Waals surface area contributed by atoms with E-state index in [1.807, 2.05) is 37.3 Å². The van der Waals surface area contributed by atoms with Crippen molar-refractivity contribution in [1.82, 2.24) is 10.7 Å². The number of ether oxygens (including phenoxy) is 2. The average Bonchev–Trinajstić information content (AvgIpc) is 3.04. The molecule has 4 aromatic carbocycles. The molecule has 0 bridgehead atoms. The predicted molar refractivity (Wildman–Crippen MR) is 170 cm³/mol. The van der Waals surface area contributed by atoms with Gasteiger partial charge in [-0.3, -0.25) is 13.9 Å². The molecule has 0 aliphatic carbocycles. The lowest BCUT2D eigenvalue weighted by Gasteiger charge is -2.25. The molecule has 4 rings (SSSR count). The smallest absolute Gasteiger partial charge is 0.264 e. The summed E-state index contributed by atoms with van der Waals surface area (Å²) in [5.41, 5.74) is 4.08. The molecule has 0 heterocycles. The number of amides is 2. The summed E-state index contributed by atoms with van der Waals surface area (Å²) in [5.74, 6) is -0.256. The molecule has 0 aliphatic rings. The van der Waals surface area contributed by atoms with Crippen LogP contribution in [-0.4, -0.2) is 46.7 Å². The van der Waals surface area contributed by atoms with Crippen LogP contribution in [-0.2, 0) is 19.6 Å². The Hall–Kier alpha value is -4.87. The minimum Gasteiger partial charge on any atom is -0.495 e. The zero-order valence-corrected chi connectivity index (χ0v) is 25.6. The molecule has 0 aliphatic heterocycles. The highest BCUT2D eigenvalue weighted by atomic mass is 35.5. The van der Waals surface area contributed by atoms with Gasteiger partial charge >= 0.3 is 0 Å². The number of rotatable bonds is 13. The SMILES string of the molecule is COc1ccc(Cl)cc1N(CC(=O)N/N=C\c1ccc(OCC(=O)N[C@H](C)c2ccccc2)cc1)S(=O)(=O)c1ccccc1. The Bertz CT molecular complexity index is 1700.